The zero-order valence-corrected chi connectivity index (χ0v) is 20.3. The van der Waals surface area contributed by atoms with Gasteiger partial charge < -0.3 is 20.2 Å². The Morgan fingerprint density at radius 2 is 1.67 bits per heavy atom. The number of H-pyrrole nitrogens is 1. The molecule has 1 aromatic carbocycles. The second-order valence-corrected chi connectivity index (χ2v) is 9.78. The number of fused-ring (bicyclic) bond motifs is 1. The van der Waals surface area contributed by atoms with Crippen LogP contribution in [0.1, 0.15) is 52.4 Å². The molecule has 2 heterocycles. The number of carbonyl (C=O) groups excluding carboxylic acids is 1. The monoisotopic (exact) mass is 470 g/mol. The molecule has 0 saturated heterocycles. The van der Waals surface area contributed by atoms with E-state index in [2.05, 4.69) is 15.0 Å². The number of rotatable bonds is 15. The fourth-order valence-electron chi connectivity index (χ4n) is 3.25. The summed E-state index contributed by atoms with van der Waals surface area (Å²) in [6, 6.07) is 11.6. The highest BCUT2D eigenvalue weighted by molar-refractivity contribution is 7.99. The summed E-state index contributed by atoms with van der Waals surface area (Å²) in [5.41, 5.74) is 6.70. The van der Waals surface area contributed by atoms with Crippen molar-refractivity contribution in [3.05, 3.63) is 42.6 Å². The van der Waals surface area contributed by atoms with Gasteiger partial charge in [0.15, 0.2) is 10.8 Å². The predicted molar refractivity (Wildman–Crippen MR) is 133 cm³/mol. The standard InChI is InChI=1S/C25H34N4O3S/c1-25(2,23(26)30)14-4-6-17-32-20-12-10-19(11-13-20)31-16-5-3-7-18-33-24-28-21-9-8-15-27-22(21)29-24/h8-13,15H,3-7,14,16-18H2,1-2H3,(H2,26,30)(H,27,28,29). The topological polar surface area (TPSA) is 103 Å². The van der Waals surface area contributed by atoms with Crippen LogP contribution >= 0.6 is 11.8 Å². The van der Waals surface area contributed by atoms with E-state index in [1.165, 1.54) is 0 Å². The van der Waals surface area contributed by atoms with Gasteiger partial charge in [0.25, 0.3) is 0 Å². The average Bonchev–Trinajstić information content (AvgIpc) is 3.22. The summed E-state index contributed by atoms with van der Waals surface area (Å²) in [6.45, 7) is 5.09. The molecule has 2 aromatic heterocycles. The summed E-state index contributed by atoms with van der Waals surface area (Å²) in [7, 11) is 0. The van der Waals surface area contributed by atoms with Gasteiger partial charge in [-0.25, -0.2) is 9.97 Å². The average molecular weight is 471 g/mol. The normalized spacial score (nSPS) is 11.6. The summed E-state index contributed by atoms with van der Waals surface area (Å²) < 4.78 is 11.6. The highest BCUT2D eigenvalue weighted by Crippen LogP contribution is 2.23. The molecular weight excluding hydrogens is 436 g/mol. The minimum Gasteiger partial charge on any atom is -0.494 e. The van der Waals surface area contributed by atoms with E-state index in [4.69, 9.17) is 15.2 Å². The molecule has 0 bridgehead atoms. The number of carbonyl (C=O) groups is 1. The van der Waals surface area contributed by atoms with E-state index >= 15 is 0 Å². The van der Waals surface area contributed by atoms with Gasteiger partial charge in [-0.3, -0.25) is 4.79 Å². The Balaban J connectivity index is 1.22. The second-order valence-electron chi connectivity index (χ2n) is 8.70. The molecule has 178 valence electrons. The van der Waals surface area contributed by atoms with Gasteiger partial charge in [0.2, 0.25) is 5.91 Å². The third kappa shape index (κ3) is 8.28. The van der Waals surface area contributed by atoms with E-state index < -0.39 is 5.41 Å². The molecule has 3 aromatic rings. The molecular formula is C25H34N4O3S. The number of nitrogens with two attached hydrogens (primary N) is 1. The van der Waals surface area contributed by atoms with Crippen molar-refractivity contribution in [1.82, 2.24) is 15.0 Å². The van der Waals surface area contributed by atoms with Gasteiger partial charge in [-0.05, 0) is 74.9 Å². The highest BCUT2D eigenvalue weighted by Gasteiger charge is 2.23. The van der Waals surface area contributed by atoms with Gasteiger partial charge in [0.05, 0.1) is 18.7 Å². The summed E-state index contributed by atoms with van der Waals surface area (Å²) in [6.07, 6.45) is 7.57. The van der Waals surface area contributed by atoms with Crippen LogP contribution in [-0.4, -0.2) is 39.8 Å². The molecule has 0 radical (unpaired) electrons. The maximum absolute atomic E-state index is 11.3. The molecule has 7 nitrogen and oxygen atoms in total. The third-order valence-corrected chi connectivity index (χ3v) is 6.45. The van der Waals surface area contributed by atoms with Crippen molar-refractivity contribution in [2.75, 3.05) is 19.0 Å². The fourth-order valence-corrected chi connectivity index (χ4v) is 4.12. The van der Waals surface area contributed by atoms with Crippen LogP contribution in [0.15, 0.2) is 47.8 Å². The molecule has 0 aliphatic carbocycles. The first-order valence-electron chi connectivity index (χ1n) is 11.5. The Hall–Kier alpha value is -2.74. The number of unbranched alkanes of at least 4 members (excludes halogenated alkanes) is 3. The Kier molecular flexibility index (Phi) is 9.42. The minimum absolute atomic E-state index is 0.252. The van der Waals surface area contributed by atoms with Crippen molar-refractivity contribution in [1.29, 1.82) is 0 Å². The highest BCUT2D eigenvalue weighted by atomic mass is 32.2. The van der Waals surface area contributed by atoms with Crippen LogP contribution < -0.4 is 15.2 Å². The molecule has 0 fully saturated rings. The van der Waals surface area contributed by atoms with Crippen LogP contribution in [0.2, 0.25) is 0 Å². The third-order valence-electron chi connectivity index (χ3n) is 5.49. The molecule has 0 atom stereocenters. The van der Waals surface area contributed by atoms with Crippen molar-refractivity contribution in [2.24, 2.45) is 11.1 Å². The van der Waals surface area contributed by atoms with Gasteiger partial charge in [-0.1, -0.05) is 25.6 Å². The van der Waals surface area contributed by atoms with Crippen molar-refractivity contribution >= 4 is 28.8 Å². The number of benzene rings is 1. The van der Waals surface area contributed by atoms with Crippen LogP contribution in [-0.2, 0) is 4.79 Å². The SMILES string of the molecule is CC(C)(CCCCOc1ccc(OCCCCCSc2nc3ncccc3[nH]2)cc1)C(N)=O. The predicted octanol–water partition coefficient (Wildman–Crippen LogP) is 5.36. The lowest BCUT2D eigenvalue weighted by molar-refractivity contribution is -0.126. The number of hydrogen-bond donors (Lipinski definition) is 2. The number of thioether (sulfide) groups is 1. The molecule has 0 aliphatic rings. The van der Waals surface area contributed by atoms with Crippen LogP contribution in [0.25, 0.3) is 11.2 Å². The summed E-state index contributed by atoms with van der Waals surface area (Å²) >= 11 is 1.73. The van der Waals surface area contributed by atoms with Gasteiger partial charge in [-0.15, -0.1) is 0 Å². The van der Waals surface area contributed by atoms with Crippen molar-refractivity contribution in [3.63, 3.8) is 0 Å². The number of primary amides is 1. The van der Waals surface area contributed by atoms with Crippen molar-refractivity contribution in [2.45, 2.75) is 57.5 Å². The number of pyridine rings is 1. The minimum atomic E-state index is -0.454. The molecule has 3 rings (SSSR count). The number of imidazole rings is 1. The molecule has 1 amide bonds. The van der Waals surface area contributed by atoms with E-state index in [1.54, 1.807) is 18.0 Å². The molecule has 3 N–H and O–H groups in total. The van der Waals surface area contributed by atoms with Crippen LogP contribution in [0.4, 0.5) is 0 Å². The summed E-state index contributed by atoms with van der Waals surface area (Å²) in [5.74, 6) is 2.45. The van der Waals surface area contributed by atoms with E-state index in [0.717, 1.165) is 72.1 Å². The smallest absolute Gasteiger partial charge is 0.223 e. The lowest BCUT2D eigenvalue weighted by Crippen LogP contribution is -2.31. The van der Waals surface area contributed by atoms with Crippen LogP contribution in [0.3, 0.4) is 0 Å². The largest absolute Gasteiger partial charge is 0.494 e. The van der Waals surface area contributed by atoms with Crippen LogP contribution in [0, 0.1) is 5.41 Å². The maximum atomic E-state index is 11.3. The quantitative estimate of drug-likeness (QED) is 0.229. The first-order chi connectivity index (χ1) is 15.9. The Bertz CT molecular complexity index is 971. The molecule has 8 heteroatoms. The van der Waals surface area contributed by atoms with E-state index in [0.29, 0.717) is 13.2 Å². The number of nitrogens with zero attached hydrogens (tertiary/aromatic N) is 2. The molecule has 0 aliphatic heterocycles. The molecule has 33 heavy (non-hydrogen) atoms. The Morgan fingerprint density at radius 3 is 2.30 bits per heavy atom. The van der Waals surface area contributed by atoms with Gasteiger partial charge in [0, 0.05) is 17.4 Å². The molecule has 0 unspecified atom stereocenters. The second kappa shape index (κ2) is 12.5. The number of nitrogens with one attached hydrogen (secondary N) is 1. The number of aromatic nitrogens is 3. The zero-order chi connectivity index (χ0) is 23.5. The lowest BCUT2D eigenvalue weighted by Gasteiger charge is -2.19. The Morgan fingerprint density at radius 1 is 1.00 bits per heavy atom. The first-order valence-corrected chi connectivity index (χ1v) is 12.5. The van der Waals surface area contributed by atoms with E-state index in [9.17, 15) is 4.79 Å². The van der Waals surface area contributed by atoms with E-state index in [1.807, 2.05) is 50.2 Å². The maximum Gasteiger partial charge on any atom is 0.223 e. The Labute approximate surface area is 199 Å². The van der Waals surface area contributed by atoms with Crippen molar-refractivity contribution in [3.8, 4) is 11.5 Å². The molecule has 0 saturated carbocycles. The lowest BCUT2D eigenvalue weighted by atomic mass is 9.86. The number of ether oxygens (including phenoxy) is 2. The first kappa shape index (κ1) is 24.9. The van der Waals surface area contributed by atoms with Gasteiger partial charge in [0.1, 0.15) is 11.5 Å². The zero-order valence-electron chi connectivity index (χ0n) is 19.5. The number of hydrogen-bond acceptors (Lipinski definition) is 6. The van der Waals surface area contributed by atoms with Crippen molar-refractivity contribution < 1.29 is 14.3 Å². The number of aromatic amines is 1. The van der Waals surface area contributed by atoms with E-state index in [-0.39, 0.29) is 5.91 Å². The fraction of sp³-hybridized carbons (Fsp3) is 0.480. The summed E-state index contributed by atoms with van der Waals surface area (Å²) in [5, 5.41) is 0.928. The van der Waals surface area contributed by atoms with Gasteiger partial charge >= 0.3 is 0 Å². The summed E-state index contributed by atoms with van der Waals surface area (Å²) in [4.78, 5) is 23.4. The number of amides is 1. The van der Waals surface area contributed by atoms with Crippen LogP contribution in [0.5, 0.6) is 11.5 Å². The van der Waals surface area contributed by atoms with Gasteiger partial charge in [-0.2, -0.15) is 0 Å². The molecule has 0 spiro atoms.